The topological polar surface area (TPSA) is 69.7 Å². The Labute approximate surface area is 124 Å². The van der Waals surface area contributed by atoms with Crippen LogP contribution in [0.15, 0.2) is 17.0 Å². The van der Waals surface area contributed by atoms with Crippen LogP contribution in [-0.4, -0.2) is 34.7 Å². The van der Waals surface area contributed by atoms with E-state index in [0.717, 1.165) is 6.07 Å². The zero-order valence-corrected chi connectivity index (χ0v) is 12.7. The molecular weight excluding hydrogens is 339 g/mol. The molecule has 0 aliphatic heterocycles. The molecule has 0 saturated heterocycles. The molecule has 106 valence electrons. The van der Waals surface area contributed by atoms with Crippen LogP contribution in [-0.2, 0) is 18.5 Å². The highest BCUT2D eigenvalue weighted by Crippen LogP contribution is 2.31. The van der Waals surface area contributed by atoms with Gasteiger partial charge >= 0.3 is 5.97 Å². The summed E-state index contributed by atoms with van der Waals surface area (Å²) in [5.41, 5.74) is -0.176. The maximum absolute atomic E-state index is 11.7. The molecule has 0 saturated carbocycles. The lowest BCUT2D eigenvalue weighted by Gasteiger charge is -2.08. The predicted molar refractivity (Wildman–Crippen MR) is 71.7 cm³/mol. The molecule has 1 rings (SSSR count). The van der Waals surface area contributed by atoms with E-state index in [1.54, 1.807) is 0 Å². The fourth-order valence-electron chi connectivity index (χ4n) is 1.19. The molecule has 1 aromatic carbocycles. The summed E-state index contributed by atoms with van der Waals surface area (Å²) in [6.07, 6.45) is 0. The van der Waals surface area contributed by atoms with Crippen LogP contribution in [0.4, 0.5) is 0 Å². The summed E-state index contributed by atoms with van der Waals surface area (Å²) in [5, 5.41) is -0.330. The number of carbonyl (C=O) groups is 1. The largest absolute Gasteiger partial charge is 0.460 e. The van der Waals surface area contributed by atoms with Gasteiger partial charge in [-0.25, -0.2) is 13.2 Å². The van der Waals surface area contributed by atoms with E-state index in [4.69, 9.17) is 43.4 Å². The molecular formula is C10H9Cl3O5S. The van der Waals surface area contributed by atoms with Crippen LogP contribution in [0.5, 0.6) is 0 Å². The summed E-state index contributed by atoms with van der Waals surface area (Å²) in [5.74, 6) is -0.814. The second kappa shape index (κ2) is 6.76. The number of hydrogen-bond donors (Lipinski definition) is 0. The van der Waals surface area contributed by atoms with Crippen molar-refractivity contribution in [2.24, 2.45) is 0 Å². The van der Waals surface area contributed by atoms with Crippen molar-refractivity contribution in [2.75, 3.05) is 20.3 Å². The van der Waals surface area contributed by atoms with Crippen LogP contribution < -0.4 is 0 Å². The molecule has 0 aliphatic rings. The zero-order chi connectivity index (χ0) is 14.6. The average molecular weight is 348 g/mol. The summed E-state index contributed by atoms with van der Waals surface area (Å²) in [6.45, 7) is 0.200. The Morgan fingerprint density at radius 3 is 2.42 bits per heavy atom. The standard InChI is InChI=1S/C10H9Cl3O5S/c1-17-2-3-18-10(14)7-4-6(11)5-8(9(7)12)19(13,15)16/h4-5H,2-3H2,1H3. The Kier molecular flexibility index (Phi) is 5.88. The van der Waals surface area contributed by atoms with Crippen LogP contribution in [0, 0.1) is 0 Å². The van der Waals surface area contributed by atoms with Crippen molar-refractivity contribution in [3.63, 3.8) is 0 Å². The van der Waals surface area contributed by atoms with E-state index in [2.05, 4.69) is 0 Å². The van der Waals surface area contributed by atoms with E-state index in [9.17, 15) is 13.2 Å². The molecule has 0 fully saturated rings. The zero-order valence-electron chi connectivity index (χ0n) is 9.65. The van der Waals surface area contributed by atoms with E-state index in [0.29, 0.717) is 0 Å². The monoisotopic (exact) mass is 346 g/mol. The van der Waals surface area contributed by atoms with Gasteiger partial charge in [0.15, 0.2) is 0 Å². The van der Waals surface area contributed by atoms with Gasteiger partial charge in [0.2, 0.25) is 0 Å². The third kappa shape index (κ3) is 4.50. The van der Waals surface area contributed by atoms with Crippen molar-refractivity contribution in [3.8, 4) is 0 Å². The minimum Gasteiger partial charge on any atom is -0.460 e. The first-order valence-electron chi connectivity index (χ1n) is 4.87. The van der Waals surface area contributed by atoms with Crippen molar-refractivity contribution in [3.05, 3.63) is 27.7 Å². The predicted octanol–water partition coefficient (Wildman–Crippen LogP) is 2.72. The lowest BCUT2D eigenvalue weighted by Crippen LogP contribution is -2.11. The Hall–Kier alpha value is -0.530. The van der Waals surface area contributed by atoms with Gasteiger partial charge in [0.1, 0.15) is 11.5 Å². The summed E-state index contributed by atoms with van der Waals surface area (Å²) < 4.78 is 32.1. The van der Waals surface area contributed by atoms with Crippen LogP contribution in [0.3, 0.4) is 0 Å². The summed E-state index contributed by atoms with van der Waals surface area (Å²) in [6, 6.07) is 2.25. The minimum atomic E-state index is -4.11. The van der Waals surface area contributed by atoms with Gasteiger partial charge in [-0.2, -0.15) is 0 Å². The molecule has 9 heteroatoms. The minimum absolute atomic E-state index is 0.00112. The summed E-state index contributed by atoms with van der Waals surface area (Å²) in [4.78, 5) is 11.3. The molecule has 0 bridgehead atoms. The second-order valence-electron chi connectivity index (χ2n) is 3.33. The Morgan fingerprint density at radius 1 is 1.26 bits per heavy atom. The van der Waals surface area contributed by atoms with Crippen LogP contribution in [0.2, 0.25) is 10.0 Å². The molecule has 0 N–H and O–H groups in total. The Bertz CT molecular complexity index is 585. The molecule has 0 heterocycles. The highest BCUT2D eigenvalue weighted by molar-refractivity contribution is 8.13. The third-order valence-corrected chi connectivity index (χ3v) is 4.09. The van der Waals surface area contributed by atoms with Crippen molar-refractivity contribution in [1.82, 2.24) is 0 Å². The van der Waals surface area contributed by atoms with Gasteiger partial charge in [0, 0.05) is 22.8 Å². The number of esters is 1. The molecule has 1 aromatic rings. The molecule has 0 spiro atoms. The molecule has 0 radical (unpaired) electrons. The molecule has 0 aromatic heterocycles. The first-order valence-corrected chi connectivity index (χ1v) is 7.93. The lowest BCUT2D eigenvalue weighted by atomic mass is 10.2. The van der Waals surface area contributed by atoms with E-state index in [-0.39, 0.29) is 28.8 Å². The molecule has 5 nitrogen and oxygen atoms in total. The molecule has 0 unspecified atom stereocenters. The fraction of sp³-hybridized carbons (Fsp3) is 0.300. The van der Waals surface area contributed by atoms with Crippen molar-refractivity contribution in [1.29, 1.82) is 0 Å². The van der Waals surface area contributed by atoms with Gasteiger partial charge < -0.3 is 9.47 Å². The van der Waals surface area contributed by atoms with Gasteiger partial charge in [-0.05, 0) is 12.1 Å². The van der Waals surface area contributed by atoms with E-state index < -0.39 is 19.9 Å². The SMILES string of the molecule is COCCOC(=O)c1cc(Cl)cc(S(=O)(=O)Cl)c1Cl. The highest BCUT2D eigenvalue weighted by atomic mass is 35.7. The number of halogens is 3. The first kappa shape index (κ1) is 16.5. The van der Waals surface area contributed by atoms with E-state index in [1.807, 2.05) is 0 Å². The van der Waals surface area contributed by atoms with Crippen LogP contribution in [0.1, 0.15) is 10.4 Å². The summed E-state index contributed by atoms with van der Waals surface area (Å²) in [7, 11) is 2.53. The van der Waals surface area contributed by atoms with Crippen molar-refractivity contribution >= 4 is 48.9 Å². The number of rotatable bonds is 5. The first-order chi connectivity index (χ1) is 8.77. The normalized spacial score (nSPS) is 11.4. The number of ether oxygens (including phenoxy) is 2. The van der Waals surface area contributed by atoms with Crippen molar-refractivity contribution in [2.45, 2.75) is 4.90 Å². The Morgan fingerprint density at radius 2 is 1.89 bits per heavy atom. The molecule has 0 aliphatic carbocycles. The number of hydrogen-bond acceptors (Lipinski definition) is 5. The van der Waals surface area contributed by atoms with Gasteiger partial charge in [-0.1, -0.05) is 23.2 Å². The lowest BCUT2D eigenvalue weighted by molar-refractivity contribution is 0.0388. The molecule has 0 atom stereocenters. The van der Waals surface area contributed by atoms with Gasteiger partial charge in [-0.15, -0.1) is 0 Å². The number of benzene rings is 1. The van der Waals surface area contributed by atoms with Gasteiger partial charge in [0.25, 0.3) is 9.05 Å². The maximum atomic E-state index is 11.7. The quantitative estimate of drug-likeness (QED) is 0.465. The summed E-state index contributed by atoms with van der Waals surface area (Å²) >= 11 is 11.5. The average Bonchev–Trinajstić information content (AvgIpc) is 2.30. The number of carbonyl (C=O) groups excluding carboxylic acids is 1. The van der Waals surface area contributed by atoms with Gasteiger partial charge in [0.05, 0.1) is 17.2 Å². The smallest absolute Gasteiger partial charge is 0.339 e. The molecule has 19 heavy (non-hydrogen) atoms. The van der Waals surface area contributed by atoms with Crippen molar-refractivity contribution < 1.29 is 22.7 Å². The third-order valence-electron chi connectivity index (χ3n) is 2.01. The molecule has 0 amide bonds. The highest BCUT2D eigenvalue weighted by Gasteiger charge is 2.23. The van der Waals surface area contributed by atoms with E-state index in [1.165, 1.54) is 13.2 Å². The second-order valence-corrected chi connectivity index (χ2v) is 6.68. The van der Waals surface area contributed by atoms with Crippen LogP contribution >= 0.6 is 33.9 Å². The maximum Gasteiger partial charge on any atom is 0.339 e. The Balaban J connectivity index is 3.15. The fourth-order valence-corrected chi connectivity index (χ4v) is 3.03. The number of methoxy groups -OCH3 is 1. The van der Waals surface area contributed by atoms with Crippen LogP contribution in [0.25, 0.3) is 0 Å². The van der Waals surface area contributed by atoms with E-state index >= 15 is 0 Å². The van der Waals surface area contributed by atoms with Gasteiger partial charge in [-0.3, -0.25) is 0 Å².